The molecule has 1 unspecified atom stereocenters. The smallest absolute Gasteiger partial charge is 0.0895 e. The molecule has 0 bridgehead atoms. The number of rotatable bonds is 1. The fourth-order valence-corrected chi connectivity index (χ4v) is 1.66. The molecule has 0 radical (unpaired) electrons. The summed E-state index contributed by atoms with van der Waals surface area (Å²) in [5.41, 5.74) is 8.42. The summed E-state index contributed by atoms with van der Waals surface area (Å²) in [5.74, 6) is 0. The molecule has 0 fully saturated rings. The molecule has 0 saturated heterocycles. The molecule has 0 saturated carbocycles. The van der Waals surface area contributed by atoms with Crippen LogP contribution >= 0.6 is 0 Å². The molecule has 1 aliphatic rings. The van der Waals surface area contributed by atoms with E-state index in [0.717, 1.165) is 12.8 Å². The summed E-state index contributed by atoms with van der Waals surface area (Å²) in [6.45, 7) is 2.11. The second-order valence-electron chi connectivity index (χ2n) is 3.47. The quantitative estimate of drug-likeness (QED) is 0.660. The van der Waals surface area contributed by atoms with Gasteiger partial charge in [-0.25, -0.2) is 0 Å². The summed E-state index contributed by atoms with van der Waals surface area (Å²) in [4.78, 5) is 0. The fourth-order valence-electron chi connectivity index (χ4n) is 1.66. The lowest BCUT2D eigenvalue weighted by molar-refractivity contribution is 0.487. The van der Waals surface area contributed by atoms with Gasteiger partial charge in [0.25, 0.3) is 0 Å². The fraction of sp³-hybridized carbons (Fsp3) is 0.400. The highest BCUT2D eigenvalue weighted by Crippen LogP contribution is 2.30. The standard InChI is InChI=1S/C10H14N2/c1-2-10(11)7-8-5-3-4-6-9(8)12-10/h3-6,12H,2,7,11H2,1H3. The maximum Gasteiger partial charge on any atom is 0.0895 e. The minimum Gasteiger partial charge on any atom is -0.367 e. The van der Waals surface area contributed by atoms with Crippen LogP contribution in [0.3, 0.4) is 0 Å². The third-order valence-corrected chi connectivity index (χ3v) is 2.54. The predicted octanol–water partition coefficient (Wildman–Crippen LogP) is 1.72. The first-order valence-corrected chi connectivity index (χ1v) is 4.38. The van der Waals surface area contributed by atoms with E-state index in [2.05, 4.69) is 30.4 Å². The van der Waals surface area contributed by atoms with Crippen molar-refractivity contribution in [3.63, 3.8) is 0 Å². The van der Waals surface area contributed by atoms with Gasteiger partial charge in [0.1, 0.15) is 0 Å². The SMILES string of the molecule is CCC1(N)Cc2ccccc2N1. The lowest BCUT2D eigenvalue weighted by Crippen LogP contribution is -2.45. The second-order valence-corrected chi connectivity index (χ2v) is 3.47. The number of nitrogens with one attached hydrogen (secondary N) is 1. The summed E-state index contributed by atoms with van der Waals surface area (Å²) in [6, 6.07) is 8.31. The highest BCUT2D eigenvalue weighted by Gasteiger charge is 2.30. The number of anilines is 1. The zero-order valence-electron chi connectivity index (χ0n) is 7.30. The maximum absolute atomic E-state index is 6.10. The molecular weight excluding hydrogens is 148 g/mol. The van der Waals surface area contributed by atoms with Crippen LogP contribution in [0.25, 0.3) is 0 Å². The number of para-hydroxylation sites is 1. The van der Waals surface area contributed by atoms with E-state index in [0.29, 0.717) is 0 Å². The first-order valence-electron chi connectivity index (χ1n) is 4.38. The molecule has 1 atom stereocenters. The van der Waals surface area contributed by atoms with Gasteiger partial charge in [-0.05, 0) is 18.1 Å². The Morgan fingerprint density at radius 3 is 2.92 bits per heavy atom. The summed E-state index contributed by atoms with van der Waals surface area (Å²) in [7, 11) is 0. The molecule has 2 heteroatoms. The Hall–Kier alpha value is -1.02. The minimum atomic E-state index is -0.205. The molecule has 0 amide bonds. The minimum absolute atomic E-state index is 0.205. The second kappa shape index (κ2) is 2.49. The van der Waals surface area contributed by atoms with Crippen LogP contribution in [0.15, 0.2) is 24.3 Å². The molecule has 12 heavy (non-hydrogen) atoms. The lowest BCUT2D eigenvalue weighted by atomic mass is 10.0. The van der Waals surface area contributed by atoms with Gasteiger partial charge in [0.05, 0.1) is 5.66 Å². The Balaban J connectivity index is 2.33. The molecule has 1 heterocycles. The van der Waals surface area contributed by atoms with Crippen molar-refractivity contribution in [2.75, 3.05) is 5.32 Å². The number of benzene rings is 1. The normalized spacial score (nSPS) is 26.5. The van der Waals surface area contributed by atoms with E-state index < -0.39 is 0 Å². The van der Waals surface area contributed by atoms with Crippen LogP contribution < -0.4 is 11.1 Å². The maximum atomic E-state index is 6.10. The van der Waals surface area contributed by atoms with Gasteiger partial charge >= 0.3 is 0 Å². The summed E-state index contributed by atoms with van der Waals surface area (Å²) in [6.07, 6.45) is 1.90. The van der Waals surface area contributed by atoms with Gasteiger partial charge in [-0.3, -0.25) is 0 Å². The van der Waals surface area contributed by atoms with Crippen molar-refractivity contribution in [2.24, 2.45) is 5.73 Å². The molecule has 64 valence electrons. The van der Waals surface area contributed by atoms with Gasteiger partial charge in [0, 0.05) is 12.1 Å². The Bertz CT molecular complexity index is 269. The highest BCUT2D eigenvalue weighted by atomic mass is 15.1. The Labute approximate surface area is 72.8 Å². The van der Waals surface area contributed by atoms with Gasteiger partial charge < -0.3 is 11.1 Å². The van der Waals surface area contributed by atoms with Crippen LogP contribution in [-0.2, 0) is 6.42 Å². The van der Waals surface area contributed by atoms with Crippen molar-refractivity contribution in [3.8, 4) is 0 Å². The third kappa shape index (κ3) is 1.08. The van der Waals surface area contributed by atoms with Crippen LogP contribution in [0.4, 0.5) is 5.69 Å². The topological polar surface area (TPSA) is 38.0 Å². The van der Waals surface area contributed by atoms with Crippen LogP contribution in [-0.4, -0.2) is 5.66 Å². The van der Waals surface area contributed by atoms with Gasteiger partial charge in [0.2, 0.25) is 0 Å². The van der Waals surface area contributed by atoms with Crippen LogP contribution in [0.1, 0.15) is 18.9 Å². The van der Waals surface area contributed by atoms with Crippen molar-refractivity contribution in [1.29, 1.82) is 0 Å². The molecule has 3 N–H and O–H groups in total. The van der Waals surface area contributed by atoms with E-state index in [1.165, 1.54) is 11.3 Å². The first-order chi connectivity index (χ1) is 5.73. The zero-order valence-corrected chi connectivity index (χ0v) is 7.30. The molecule has 2 rings (SSSR count). The molecule has 1 aromatic carbocycles. The number of hydrogen-bond acceptors (Lipinski definition) is 2. The van der Waals surface area contributed by atoms with Gasteiger partial charge in [-0.2, -0.15) is 0 Å². The van der Waals surface area contributed by atoms with Crippen molar-refractivity contribution < 1.29 is 0 Å². The Kier molecular flexibility index (Phi) is 1.58. The third-order valence-electron chi connectivity index (χ3n) is 2.54. The molecule has 1 aromatic rings. The first kappa shape index (κ1) is 7.62. The van der Waals surface area contributed by atoms with E-state index in [1.54, 1.807) is 0 Å². The predicted molar refractivity (Wildman–Crippen MR) is 51.0 cm³/mol. The average molecular weight is 162 g/mol. The van der Waals surface area contributed by atoms with E-state index in [4.69, 9.17) is 5.73 Å². The van der Waals surface area contributed by atoms with Gasteiger partial charge in [-0.1, -0.05) is 25.1 Å². The van der Waals surface area contributed by atoms with Crippen molar-refractivity contribution in [3.05, 3.63) is 29.8 Å². The van der Waals surface area contributed by atoms with E-state index in [9.17, 15) is 0 Å². The Morgan fingerprint density at radius 2 is 2.25 bits per heavy atom. The Morgan fingerprint density at radius 1 is 1.50 bits per heavy atom. The van der Waals surface area contributed by atoms with Gasteiger partial charge in [0.15, 0.2) is 0 Å². The zero-order chi connectivity index (χ0) is 8.60. The molecular formula is C10H14N2. The number of nitrogens with two attached hydrogens (primary N) is 1. The highest BCUT2D eigenvalue weighted by molar-refractivity contribution is 5.58. The average Bonchev–Trinajstić information content (AvgIpc) is 2.42. The van der Waals surface area contributed by atoms with E-state index >= 15 is 0 Å². The molecule has 0 aliphatic carbocycles. The van der Waals surface area contributed by atoms with Crippen molar-refractivity contribution in [2.45, 2.75) is 25.4 Å². The summed E-state index contributed by atoms with van der Waals surface area (Å²) >= 11 is 0. The van der Waals surface area contributed by atoms with Crippen molar-refractivity contribution in [1.82, 2.24) is 0 Å². The molecule has 1 aliphatic heterocycles. The van der Waals surface area contributed by atoms with Crippen LogP contribution in [0, 0.1) is 0 Å². The molecule has 2 nitrogen and oxygen atoms in total. The van der Waals surface area contributed by atoms with Crippen LogP contribution in [0.2, 0.25) is 0 Å². The van der Waals surface area contributed by atoms with E-state index in [-0.39, 0.29) is 5.66 Å². The lowest BCUT2D eigenvalue weighted by Gasteiger charge is -2.22. The summed E-state index contributed by atoms with van der Waals surface area (Å²) in [5, 5.41) is 3.34. The number of fused-ring (bicyclic) bond motifs is 1. The number of hydrogen-bond donors (Lipinski definition) is 2. The van der Waals surface area contributed by atoms with Gasteiger partial charge in [-0.15, -0.1) is 0 Å². The largest absolute Gasteiger partial charge is 0.367 e. The molecule has 0 aromatic heterocycles. The van der Waals surface area contributed by atoms with Crippen molar-refractivity contribution >= 4 is 5.69 Å². The van der Waals surface area contributed by atoms with Crippen LogP contribution in [0.5, 0.6) is 0 Å². The summed E-state index contributed by atoms with van der Waals surface area (Å²) < 4.78 is 0. The molecule has 0 spiro atoms. The van der Waals surface area contributed by atoms with E-state index in [1.807, 2.05) is 6.07 Å². The monoisotopic (exact) mass is 162 g/mol.